The summed E-state index contributed by atoms with van der Waals surface area (Å²) < 4.78 is 11.4. The first-order chi connectivity index (χ1) is 9.24. The molecule has 2 heterocycles. The zero-order valence-corrected chi connectivity index (χ0v) is 11.5. The Balaban J connectivity index is 1.89. The van der Waals surface area contributed by atoms with E-state index in [1.54, 1.807) is 11.3 Å². The summed E-state index contributed by atoms with van der Waals surface area (Å²) in [5.41, 5.74) is 0.833. The van der Waals surface area contributed by atoms with Gasteiger partial charge in [0.2, 0.25) is 0 Å². The Morgan fingerprint density at radius 3 is 2.74 bits per heavy atom. The first-order valence-corrected chi connectivity index (χ1v) is 7.23. The highest BCUT2D eigenvalue weighted by atomic mass is 32.1. The van der Waals surface area contributed by atoms with Gasteiger partial charge in [0.25, 0.3) is 0 Å². The lowest BCUT2D eigenvalue weighted by atomic mass is 10.1. The summed E-state index contributed by atoms with van der Waals surface area (Å²) in [7, 11) is 0. The topological polar surface area (TPSA) is 38.7 Å². The molecule has 0 fully saturated rings. The lowest BCUT2D eigenvalue weighted by Gasteiger charge is -2.12. The van der Waals surface area contributed by atoms with Crippen LogP contribution in [0.15, 0.2) is 35.7 Å². The Kier molecular flexibility index (Phi) is 3.44. The van der Waals surface area contributed by atoms with E-state index in [9.17, 15) is 5.11 Å². The molecule has 1 aromatic carbocycles. The van der Waals surface area contributed by atoms with E-state index in [1.807, 2.05) is 35.7 Å². The minimum atomic E-state index is -0.602. The molecule has 3 nitrogen and oxygen atoms in total. The molecule has 1 aliphatic rings. The van der Waals surface area contributed by atoms with Gasteiger partial charge in [0.15, 0.2) is 11.5 Å². The number of rotatable bonds is 2. The van der Waals surface area contributed by atoms with Crippen LogP contribution in [0.4, 0.5) is 0 Å². The minimum Gasteiger partial charge on any atom is -0.489 e. The van der Waals surface area contributed by atoms with Gasteiger partial charge >= 0.3 is 0 Å². The molecule has 19 heavy (non-hydrogen) atoms. The van der Waals surface area contributed by atoms with E-state index in [0.29, 0.717) is 19.1 Å². The maximum absolute atomic E-state index is 10.3. The van der Waals surface area contributed by atoms with Crippen molar-refractivity contribution in [2.45, 2.75) is 13.0 Å². The molecule has 3 rings (SSSR count). The molecule has 1 N–H and O–H groups in total. The van der Waals surface area contributed by atoms with E-state index in [0.717, 1.165) is 21.9 Å². The van der Waals surface area contributed by atoms with Crippen molar-refractivity contribution in [3.63, 3.8) is 0 Å². The smallest absolute Gasteiger partial charge is 0.161 e. The van der Waals surface area contributed by atoms with Crippen molar-refractivity contribution in [2.24, 2.45) is 5.92 Å². The van der Waals surface area contributed by atoms with E-state index in [2.05, 4.69) is 6.92 Å². The van der Waals surface area contributed by atoms with Crippen LogP contribution in [0.5, 0.6) is 11.5 Å². The molecular formula is C15H16O3S. The van der Waals surface area contributed by atoms with Crippen LogP contribution in [-0.2, 0) is 0 Å². The summed E-state index contributed by atoms with van der Waals surface area (Å²) in [4.78, 5) is 0.933. The molecule has 2 aromatic rings. The van der Waals surface area contributed by atoms with Crippen LogP contribution in [0, 0.1) is 5.92 Å². The number of ether oxygens (including phenoxy) is 2. The second kappa shape index (κ2) is 5.23. The molecule has 2 atom stereocenters. The fourth-order valence-electron chi connectivity index (χ4n) is 2.05. The molecule has 0 saturated carbocycles. The number of benzene rings is 1. The van der Waals surface area contributed by atoms with E-state index in [1.165, 1.54) is 0 Å². The van der Waals surface area contributed by atoms with Crippen LogP contribution >= 0.6 is 11.3 Å². The van der Waals surface area contributed by atoms with Crippen molar-refractivity contribution in [2.75, 3.05) is 13.2 Å². The van der Waals surface area contributed by atoms with Crippen molar-refractivity contribution < 1.29 is 14.6 Å². The van der Waals surface area contributed by atoms with Crippen LogP contribution in [0.2, 0.25) is 0 Å². The minimum absolute atomic E-state index is 0.373. The van der Waals surface area contributed by atoms with E-state index in [-0.39, 0.29) is 0 Å². The van der Waals surface area contributed by atoms with E-state index in [4.69, 9.17) is 9.47 Å². The number of aliphatic hydroxyl groups excluding tert-OH is 1. The maximum atomic E-state index is 10.3. The zero-order valence-electron chi connectivity index (χ0n) is 10.7. The van der Waals surface area contributed by atoms with Gasteiger partial charge in [-0.25, -0.2) is 0 Å². The zero-order chi connectivity index (χ0) is 13.2. The molecule has 1 aliphatic heterocycles. The molecule has 1 aromatic heterocycles. The van der Waals surface area contributed by atoms with Gasteiger partial charge in [0.1, 0.15) is 6.10 Å². The first-order valence-electron chi connectivity index (χ1n) is 6.35. The van der Waals surface area contributed by atoms with Crippen molar-refractivity contribution in [1.29, 1.82) is 0 Å². The summed E-state index contributed by atoms with van der Waals surface area (Å²) in [6.07, 6.45) is -0.602. The van der Waals surface area contributed by atoms with Gasteiger partial charge in [-0.1, -0.05) is 19.1 Å². The second-order valence-electron chi connectivity index (χ2n) is 4.85. The largest absolute Gasteiger partial charge is 0.489 e. The molecule has 0 spiro atoms. The summed E-state index contributed by atoms with van der Waals surface area (Å²) in [5.74, 6) is 1.85. The Morgan fingerprint density at radius 2 is 2.00 bits per heavy atom. The third-order valence-electron chi connectivity index (χ3n) is 3.14. The molecule has 0 radical (unpaired) electrons. The van der Waals surface area contributed by atoms with Gasteiger partial charge in [0, 0.05) is 10.8 Å². The van der Waals surface area contributed by atoms with Crippen LogP contribution in [0.1, 0.15) is 23.5 Å². The fourth-order valence-corrected chi connectivity index (χ4v) is 2.79. The number of hydrogen-bond acceptors (Lipinski definition) is 4. The predicted octanol–water partition coefficient (Wildman–Crippen LogP) is 3.24. The van der Waals surface area contributed by atoms with E-state index >= 15 is 0 Å². The number of thiophene rings is 1. The Morgan fingerprint density at radius 1 is 1.21 bits per heavy atom. The van der Waals surface area contributed by atoms with Gasteiger partial charge in [-0.15, -0.1) is 11.3 Å². The highest BCUT2D eigenvalue weighted by Crippen LogP contribution is 2.35. The van der Waals surface area contributed by atoms with Crippen molar-refractivity contribution >= 4 is 11.3 Å². The van der Waals surface area contributed by atoms with Crippen LogP contribution in [0.25, 0.3) is 0 Å². The fraction of sp³-hybridized carbons (Fsp3) is 0.333. The Bertz CT molecular complexity index is 551. The molecule has 0 saturated heterocycles. The summed E-state index contributed by atoms with van der Waals surface area (Å²) >= 11 is 1.55. The van der Waals surface area contributed by atoms with Gasteiger partial charge in [-0.05, 0) is 29.1 Å². The highest BCUT2D eigenvalue weighted by Gasteiger charge is 2.18. The lowest BCUT2D eigenvalue weighted by Crippen LogP contribution is -2.12. The van der Waals surface area contributed by atoms with Gasteiger partial charge in [-0.3, -0.25) is 0 Å². The van der Waals surface area contributed by atoms with Gasteiger partial charge < -0.3 is 14.6 Å². The lowest BCUT2D eigenvalue weighted by molar-refractivity contribution is 0.221. The average molecular weight is 276 g/mol. The SMILES string of the molecule is CC1COc2ccc(C(O)c3cccs3)cc2OC1. The third-order valence-corrected chi connectivity index (χ3v) is 4.07. The van der Waals surface area contributed by atoms with Crippen LogP contribution in [0.3, 0.4) is 0 Å². The monoisotopic (exact) mass is 276 g/mol. The van der Waals surface area contributed by atoms with Crippen molar-refractivity contribution in [3.8, 4) is 11.5 Å². The predicted molar refractivity (Wildman–Crippen MR) is 75.0 cm³/mol. The third kappa shape index (κ3) is 2.60. The second-order valence-corrected chi connectivity index (χ2v) is 5.83. The Hall–Kier alpha value is -1.52. The standard InChI is InChI=1S/C15H16O3S/c1-10-8-17-12-5-4-11(7-13(12)18-9-10)15(16)14-3-2-6-19-14/h2-7,10,15-16H,8-9H2,1H3. The number of fused-ring (bicyclic) bond motifs is 1. The highest BCUT2D eigenvalue weighted by molar-refractivity contribution is 7.10. The summed E-state index contributed by atoms with van der Waals surface area (Å²) in [6, 6.07) is 9.51. The van der Waals surface area contributed by atoms with Crippen LogP contribution < -0.4 is 9.47 Å². The van der Waals surface area contributed by atoms with E-state index < -0.39 is 6.10 Å². The van der Waals surface area contributed by atoms with Gasteiger partial charge in [-0.2, -0.15) is 0 Å². The number of aliphatic hydroxyl groups is 1. The normalized spacial score (nSPS) is 19.8. The molecular weight excluding hydrogens is 260 g/mol. The van der Waals surface area contributed by atoms with Crippen molar-refractivity contribution in [3.05, 3.63) is 46.2 Å². The Labute approximate surface area is 116 Å². The molecule has 100 valence electrons. The van der Waals surface area contributed by atoms with Crippen molar-refractivity contribution in [1.82, 2.24) is 0 Å². The quantitative estimate of drug-likeness (QED) is 0.915. The first kappa shape index (κ1) is 12.5. The molecule has 2 unspecified atom stereocenters. The van der Waals surface area contributed by atoms with Crippen LogP contribution in [-0.4, -0.2) is 18.3 Å². The molecule has 0 aliphatic carbocycles. The molecule has 0 bridgehead atoms. The maximum Gasteiger partial charge on any atom is 0.161 e. The summed E-state index contributed by atoms with van der Waals surface area (Å²) in [6.45, 7) is 3.40. The number of hydrogen-bond donors (Lipinski definition) is 1. The average Bonchev–Trinajstić information content (AvgIpc) is 2.90. The molecule has 4 heteroatoms. The summed E-state index contributed by atoms with van der Waals surface area (Å²) in [5, 5.41) is 12.3. The van der Waals surface area contributed by atoms with Gasteiger partial charge in [0.05, 0.1) is 13.2 Å². The molecule has 0 amide bonds.